The van der Waals surface area contributed by atoms with Crippen molar-refractivity contribution >= 4 is 11.5 Å². The van der Waals surface area contributed by atoms with Crippen molar-refractivity contribution in [2.75, 3.05) is 11.4 Å². The molecule has 0 unspecified atom stereocenters. The van der Waals surface area contributed by atoms with Gasteiger partial charge in [-0.1, -0.05) is 30.3 Å². The first kappa shape index (κ1) is 21.0. The van der Waals surface area contributed by atoms with E-state index in [-0.39, 0.29) is 12.2 Å². The molecule has 1 aliphatic rings. The van der Waals surface area contributed by atoms with Crippen molar-refractivity contribution in [1.82, 2.24) is 9.97 Å². The van der Waals surface area contributed by atoms with Crippen LogP contribution in [0.15, 0.2) is 48.7 Å². The molecule has 0 saturated carbocycles. The first-order chi connectivity index (χ1) is 14.7. The Morgan fingerprint density at radius 2 is 1.94 bits per heavy atom. The summed E-state index contributed by atoms with van der Waals surface area (Å²) in [5.74, 6) is 0.544. The van der Waals surface area contributed by atoms with E-state index in [0.29, 0.717) is 17.7 Å². The van der Waals surface area contributed by atoms with E-state index < -0.39 is 11.7 Å². The Hall–Kier alpha value is -3.22. The zero-order valence-corrected chi connectivity index (χ0v) is 17.3. The summed E-state index contributed by atoms with van der Waals surface area (Å²) in [6, 6.07) is 10.4. The normalized spacial score (nSPS) is 13.8. The van der Waals surface area contributed by atoms with Crippen LogP contribution < -0.4 is 4.90 Å². The molecule has 0 atom stereocenters. The van der Waals surface area contributed by atoms with Crippen LogP contribution in [0.5, 0.6) is 0 Å². The first-order valence-corrected chi connectivity index (χ1v) is 10.1. The van der Waals surface area contributed by atoms with Crippen molar-refractivity contribution in [3.63, 3.8) is 0 Å². The predicted octanol–water partition coefficient (Wildman–Crippen LogP) is 5.10. The van der Waals surface area contributed by atoms with Crippen LogP contribution >= 0.6 is 0 Å². The van der Waals surface area contributed by atoms with E-state index in [1.807, 2.05) is 32.2 Å². The lowest BCUT2D eigenvalue weighted by Gasteiger charge is -2.31. The number of halogens is 3. The Kier molecular flexibility index (Phi) is 5.52. The molecule has 4 nitrogen and oxygen atoms in total. The van der Waals surface area contributed by atoms with Gasteiger partial charge in [-0.05, 0) is 37.1 Å². The number of aromatic nitrogens is 2. The number of anilines is 1. The molecule has 1 aromatic heterocycles. The number of carbonyl (C=O) groups excluding carboxylic acids is 1. The highest BCUT2D eigenvalue weighted by Crippen LogP contribution is 2.30. The fourth-order valence-corrected chi connectivity index (χ4v) is 3.89. The van der Waals surface area contributed by atoms with Crippen molar-refractivity contribution in [3.8, 4) is 0 Å². The standard InChI is InChI=1S/C24H22F3N3O/c1-15-6-7-18(23(31)11-17-4-3-5-20(10-17)24(25,26)27)12-22(15)30-9-8-21-19(14-30)13-28-16(2)29-21/h3-7,10,12-13H,8-9,11,14H2,1-2H3. The predicted molar refractivity (Wildman–Crippen MR) is 112 cm³/mol. The number of aryl methyl sites for hydroxylation is 2. The van der Waals surface area contributed by atoms with Gasteiger partial charge < -0.3 is 4.90 Å². The van der Waals surface area contributed by atoms with E-state index in [2.05, 4.69) is 14.9 Å². The molecule has 7 heteroatoms. The molecule has 0 radical (unpaired) electrons. The molecule has 1 aliphatic heterocycles. The maximum Gasteiger partial charge on any atom is 0.416 e. The highest BCUT2D eigenvalue weighted by atomic mass is 19.4. The summed E-state index contributed by atoms with van der Waals surface area (Å²) in [7, 11) is 0. The topological polar surface area (TPSA) is 46.1 Å². The average Bonchev–Trinajstić information content (AvgIpc) is 2.73. The van der Waals surface area contributed by atoms with Crippen molar-refractivity contribution in [3.05, 3.63) is 88.0 Å². The summed E-state index contributed by atoms with van der Waals surface area (Å²) in [6.07, 6.45) is -1.87. The summed E-state index contributed by atoms with van der Waals surface area (Å²) >= 11 is 0. The molecule has 0 aliphatic carbocycles. The molecule has 0 spiro atoms. The quantitative estimate of drug-likeness (QED) is 0.546. The molecule has 0 saturated heterocycles. The molecular formula is C24H22F3N3O. The molecular weight excluding hydrogens is 403 g/mol. The van der Waals surface area contributed by atoms with Gasteiger partial charge >= 0.3 is 6.18 Å². The number of hydrogen-bond acceptors (Lipinski definition) is 4. The Morgan fingerprint density at radius 1 is 1.13 bits per heavy atom. The van der Waals surface area contributed by atoms with Crippen molar-refractivity contribution in [1.29, 1.82) is 0 Å². The number of carbonyl (C=O) groups is 1. The Balaban J connectivity index is 1.55. The van der Waals surface area contributed by atoms with Crippen LogP contribution in [0.3, 0.4) is 0 Å². The molecule has 2 heterocycles. The van der Waals surface area contributed by atoms with Gasteiger partial charge in [0, 0.05) is 48.9 Å². The van der Waals surface area contributed by atoms with E-state index in [9.17, 15) is 18.0 Å². The second-order valence-electron chi connectivity index (χ2n) is 7.86. The Morgan fingerprint density at radius 3 is 2.71 bits per heavy atom. The van der Waals surface area contributed by atoms with Crippen LogP contribution in [0.1, 0.15) is 44.1 Å². The van der Waals surface area contributed by atoms with Crippen molar-refractivity contribution in [2.24, 2.45) is 0 Å². The van der Waals surface area contributed by atoms with E-state index in [0.717, 1.165) is 53.4 Å². The SMILES string of the molecule is Cc1ncc2c(n1)CCN(c1cc(C(=O)Cc3cccc(C(F)(F)F)c3)ccc1C)C2. The number of benzene rings is 2. The maximum atomic E-state index is 13.0. The monoisotopic (exact) mass is 425 g/mol. The molecule has 0 fully saturated rings. The van der Waals surface area contributed by atoms with Gasteiger partial charge in [0.25, 0.3) is 0 Å². The van der Waals surface area contributed by atoms with Crippen LogP contribution in [0, 0.1) is 13.8 Å². The van der Waals surface area contributed by atoms with Gasteiger partial charge in [-0.15, -0.1) is 0 Å². The van der Waals surface area contributed by atoms with E-state index in [4.69, 9.17) is 0 Å². The number of fused-ring (bicyclic) bond motifs is 1. The average molecular weight is 425 g/mol. The minimum Gasteiger partial charge on any atom is -0.366 e. The number of rotatable bonds is 4. The number of alkyl halides is 3. The fraction of sp³-hybridized carbons (Fsp3) is 0.292. The second kappa shape index (κ2) is 8.13. The highest BCUT2D eigenvalue weighted by molar-refractivity contribution is 5.98. The van der Waals surface area contributed by atoms with Gasteiger partial charge in [-0.25, -0.2) is 9.97 Å². The number of ketones is 1. The minimum absolute atomic E-state index is 0.0810. The van der Waals surface area contributed by atoms with E-state index >= 15 is 0 Å². The van der Waals surface area contributed by atoms with Gasteiger partial charge in [0.2, 0.25) is 0 Å². The third kappa shape index (κ3) is 4.60. The summed E-state index contributed by atoms with van der Waals surface area (Å²) in [5.41, 5.74) is 4.19. The van der Waals surface area contributed by atoms with Crippen LogP contribution in [0.25, 0.3) is 0 Å². The first-order valence-electron chi connectivity index (χ1n) is 10.1. The lowest BCUT2D eigenvalue weighted by Crippen LogP contribution is -2.32. The van der Waals surface area contributed by atoms with Gasteiger partial charge in [-0.2, -0.15) is 13.2 Å². The molecule has 0 amide bonds. The zero-order chi connectivity index (χ0) is 22.2. The molecule has 160 valence electrons. The van der Waals surface area contributed by atoms with Crippen LogP contribution in [0.2, 0.25) is 0 Å². The molecule has 4 rings (SSSR count). The van der Waals surface area contributed by atoms with Crippen molar-refractivity contribution in [2.45, 2.75) is 39.4 Å². The fourth-order valence-electron chi connectivity index (χ4n) is 3.89. The summed E-state index contributed by atoms with van der Waals surface area (Å²) in [4.78, 5) is 23.8. The summed E-state index contributed by atoms with van der Waals surface area (Å²) < 4.78 is 38.9. The largest absolute Gasteiger partial charge is 0.416 e. The minimum atomic E-state index is -4.43. The second-order valence-corrected chi connectivity index (χ2v) is 7.86. The number of Topliss-reactive ketones (excluding diaryl/α,β-unsaturated/α-hetero) is 1. The lowest BCUT2D eigenvalue weighted by molar-refractivity contribution is -0.137. The number of nitrogens with zero attached hydrogens (tertiary/aromatic N) is 3. The maximum absolute atomic E-state index is 13.0. The molecule has 31 heavy (non-hydrogen) atoms. The third-order valence-electron chi connectivity index (χ3n) is 5.55. The van der Waals surface area contributed by atoms with Crippen LogP contribution in [-0.2, 0) is 25.6 Å². The summed E-state index contributed by atoms with van der Waals surface area (Å²) in [6.45, 7) is 5.28. The van der Waals surface area contributed by atoms with Gasteiger partial charge in [-0.3, -0.25) is 4.79 Å². The summed E-state index contributed by atoms with van der Waals surface area (Å²) in [5, 5.41) is 0. The number of hydrogen-bond donors (Lipinski definition) is 0. The zero-order valence-electron chi connectivity index (χ0n) is 17.3. The molecule has 0 bridgehead atoms. The molecule has 3 aromatic rings. The molecule has 2 aromatic carbocycles. The van der Waals surface area contributed by atoms with Crippen molar-refractivity contribution < 1.29 is 18.0 Å². The van der Waals surface area contributed by atoms with Crippen LogP contribution in [0.4, 0.5) is 18.9 Å². The smallest absolute Gasteiger partial charge is 0.366 e. The van der Waals surface area contributed by atoms with Gasteiger partial charge in [0.15, 0.2) is 5.78 Å². The molecule has 0 N–H and O–H groups in total. The Bertz CT molecular complexity index is 1140. The third-order valence-corrected chi connectivity index (χ3v) is 5.55. The van der Waals surface area contributed by atoms with Gasteiger partial charge in [0.1, 0.15) is 5.82 Å². The van der Waals surface area contributed by atoms with E-state index in [1.54, 1.807) is 12.1 Å². The van der Waals surface area contributed by atoms with Gasteiger partial charge in [0.05, 0.1) is 11.3 Å². The van der Waals surface area contributed by atoms with E-state index in [1.165, 1.54) is 6.07 Å². The highest BCUT2D eigenvalue weighted by Gasteiger charge is 2.30. The van der Waals surface area contributed by atoms with Crippen LogP contribution in [-0.4, -0.2) is 22.3 Å². The Labute approximate surface area is 178 Å². The lowest BCUT2D eigenvalue weighted by atomic mass is 9.98.